The Morgan fingerprint density at radius 1 is 1.24 bits per heavy atom. The second kappa shape index (κ2) is 5.71. The Morgan fingerprint density at radius 2 is 1.76 bits per heavy atom. The van der Waals surface area contributed by atoms with Crippen LogP contribution in [0.3, 0.4) is 0 Å². The molecule has 4 heteroatoms. The molecule has 0 fully saturated rings. The van der Waals surface area contributed by atoms with Gasteiger partial charge in [-0.1, -0.05) is 39.0 Å². The quantitative estimate of drug-likeness (QED) is 0.765. The van der Waals surface area contributed by atoms with Crippen LogP contribution >= 0.6 is 12.4 Å². The number of aliphatic hydroxyl groups excluding tert-OH is 1. The molecule has 2 atom stereocenters. The van der Waals surface area contributed by atoms with E-state index in [0.717, 1.165) is 5.56 Å². The highest BCUT2D eigenvalue weighted by Gasteiger charge is 2.30. The molecule has 1 rings (SSSR count). The van der Waals surface area contributed by atoms with E-state index in [1.165, 1.54) is 0 Å². The molecule has 0 spiro atoms. The van der Waals surface area contributed by atoms with E-state index < -0.39 is 12.1 Å². The Labute approximate surface area is 109 Å². The SMILES string of the molecule is Cc1cccc([C@H](N)[C@H](O)C(C)(C)C)c1O.Cl. The molecule has 0 unspecified atom stereocenters. The lowest BCUT2D eigenvalue weighted by Crippen LogP contribution is -2.37. The van der Waals surface area contributed by atoms with Crippen LogP contribution in [0.5, 0.6) is 5.75 Å². The third-order valence-corrected chi connectivity index (χ3v) is 2.86. The van der Waals surface area contributed by atoms with Gasteiger partial charge in [-0.2, -0.15) is 0 Å². The van der Waals surface area contributed by atoms with Crippen LogP contribution < -0.4 is 5.73 Å². The molecule has 0 amide bonds. The van der Waals surface area contributed by atoms with Gasteiger partial charge in [-0.3, -0.25) is 0 Å². The molecule has 0 saturated heterocycles. The molecule has 0 saturated carbocycles. The Kier molecular flexibility index (Phi) is 5.46. The van der Waals surface area contributed by atoms with Crippen LogP contribution in [0.15, 0.2) is 18.2 Å². The van der Waals surface area contributed by atoms with Crippen molar-refractivity contribution in [2.75, 3.05) is 0 Å². The number of aromatic hydroxyl groups is 1. The van der Waals surface area contributed by atoms with Crippen LogP contribution in [0.4, 0.5) is 0 Å². The van der Waals surface area contributed by atoms with E-state index in [0.29, 0.717) is 5.56 Å². The van der Waals surface area contributed by atoms with Gasteiger partial charge in [0.15, 0.2) is 0 Å². The summed E-state index contributed by atoms with van der Waals surface area (Å²) in [5, 5.41) is 20.0. The zero-order chi connectivity index (χ0) is 12.5. The number of hydrogen-bond donors (Lipinski definition) is 3. The molecule has 17 heavy (non-hydrogen) atoms. The number of rotatable bonds is 2. The fourth-order valence-corrected chi connectivity index (χ4v) is 1.66. The van der Waals surface area contributed by atoms with Gasteiger partial charge in [-0.05, 0) is 17.9 Å². The average Bonchev–Trinajstić information content (AvgIpc) is 2.18. The fourth-order valence-electron chi connectivity index (χ4n) is 1.66. The number of hydrogen-bond acceptors (Lipinski definition) is 3. The average molecular weight is 260 g/mol. The number of para-hydroxylation sites is 1. The molecule has 98 valence electrons. The molecule has 3 nitrogen and oxygen atoms in total. The van der Waals surface area contributed by atoms with Crippen molar-refractivity contribution in [3.05, 3.63) is 29.3 Å². The van der Waals surface area contributed by atoms with Crippen LogP contribution in [-0.4, -0.2) is 16.3 Å². The number of halogens is 1. The maximum absolute atomic E-state index is 10.1. The molecular weight excluding hydrogens is 238 g/mol. The van der Waals surface area contributed by atoms with Gasteiger partial charge < -0.3 is 15.9 Å². The van der Waals surface area contributed by atoms with Crippen LogP contribution in [0, 0.1) is 12.3 Å². The third-order valence-electron chi connectivity index (χ3n) is 2.86. The summed E-state index contributed by atoms with van der Waals surface area (Å²) in [5.41, 5.74) is 7.05. The first-order chi connectivity index (χ1) is 7.25. The van der Waals surface area contributed by atoms with Gasteiger partial charge in [0.25, 0.3) is 0 Å². The Morgan fingerprint density at radius 3 is 2.24 bits per heavy atom. The molecule has 1 aromatic carbocycles. The highest BCUT2D eigenvalue weighted by molar-refractivity contribution is 5.85. The molecule has 0 heterocycles. The van der Waals surface area contributed by atoms with Crippen molar-refractivity contribution < 1.29 is 10.2 Å². The van der Waals surface area contributed by atoms with Crippen LogP contribution in [-0.2, 0) is 0 Å². The number of phenols is 1. The van der Waals surface area contributed by atoms with Crippen LogP contribution in [0.1, 0.15) is 37.9 Å². The minimum atomic E-state index is -0.694. The van der Waals surface area contributed by atoms with Crippen molar-refractivity contribution in [2.45, 2.75) is 39.8 Å². The van der Waals surface area contributed by atoms with E-state index in [4.69, 9.17) is 5.73 Å². The predicted octanol–water partition coefficient (Wildman–Crippen LogP) is 2.53. The van der Waals surface area contributed by atoms with Gasteiger partial charge >= 0.3 is 0 Å². The molecule has 4 N–H and O–H groups in total. The van der Waals surface area contributed by atoms with Crippen molar-refractivity contribution in [1.82, 2.24) is 0 Å². The summed E-state index contributed by atoms with van der Waals surface area (Å²) in [6, 6.07) is 4.83. The lowest BCUT2D eigenvalue weighted by Gasteiger charge is -2.31. The fraction of sp³-hybridized carbons (Fsp3) is 0.538. The van der Waals surface area contributed by atoms with E-state index in [1.54, 1.807) is 6.07 Å². The van der Waals surface area contributed by atoms with Gasteiger partial charge in [-0.25, -0.2) is 0 Å². The predicted molar refractivity (Wildman–Crippen MR) is 72.5 cm³/mol. The smallest absolute Gasteiger partial charge is 0.123 e. The van der Waals surface area contributed by atoms with Gasteiger partial charge in [0, 0.05) is 5.56 Å². The number of benzene rings is 1. The van der Waals surface area contributed by atoms with Crippen molar-refractivity contribution in [3.8, 4) is 5.75 Å². The molecule has 1 aromatic rings. The maximum atomic E-state index is 10.1. The largest absolute Gasteiger partial charge is 0.507 e. The number of phenolic OH excluding ortho intramolecular Hbond substituents is 1. The van der Waals surface area contributed by atoms with Crippen LogP contribution in [0.25, 0.3) is 0 Å². The summed E-state index contributed by atoms with van der Waals surface area (Å²) in [6.45, 7) is 7.58. The lowest BCUT2D eigenvalue weighted by atomic mass is 9.82. The summed E-state index contributed by atoms with van der Waals surface area (Å²) in [5.74, 6) is 0.179. The molecule has 0 aromatic heterocycles. The molecule has 0 radical (unpaired) electrons. The van der Waals surface area contributed by atoms with Gasteiger partial charge in [0.1, 0.15) is 5.75 Å². The zero-order valence-electron chi connectivity index (χ0n) is 10.8. The Balaban J connectivity index is 0.00000256. The highest BCUT2D eigenvalue weighted by atomic mass is 35.5. The van der Waals surface area contributed by atoms with E-state index in [-0.39, 0.29) is 23.6 Å². The van der Waals surface area contributed by atoms with Crippen molar-refractivity contribution >= 4 is 12.4 Å². The highest BCUT2D eigenvalue weighted by Crippen LogP contribution is 2.33. The Hall–Kier alpha value is -0.770. The first kappa shape index (κ1) is 16.2. The molecule has 0 bridgehead atoms. The van der Waals surface area contributed by atoms with E-state index >= 15 is 0 Å². The number of aryl methyl sites for hydroxylation is 1. The summed E-state index contributed by atoms with van der Waals surface area (Å²) in [6.07, 6.45) is -0.694. The van der Waals surface area contributed by atoms with Gasteiger partial charge in [0.05, 0.1) is 12.1 Å². The van der Waals surface area contributed by atoms with Crippen molar-refractivity contribution in [2.24, 2.45) is 11.1 Å². The number of nitrogens with two attached hydrogens (primary N) is 1. The summed E-state index contributed by atoms with van der Waals surface area (Å²) in [4.78, 5) is 0. The monoisotopic (exact) mass is 259 g/mol. The number of aliphatic hydroxyl groups is 1. The first-order valence-corrected chi connectivity index (χ1v) is 5.47. The summed E-state index contributed by atoms with van der Waals surface area (Å²) < 4.78 is 0. The van der Waals surface area contributed by atoms with Crippen molar-refractivity contribution in [1.29, 1.82) is 0 Å². The zero-order valence-corrected chi connectivity index (χ0v) is 11.6. The van der Waals surface area contributed by atoms with Crippen LogP contribution in [0.2, 0.25) is 0 Å². The maximum Gasteiger partial charge on any atom is 0.123 e. The Bertz CT molecular complexity index is 374. The van der Waals surface area contributed by atoms with E-state index in [1.807, 2.05) is 39.8 Å². The topological polar surface area (TPSA) is 66.5 Å². The minimum absolute atomic E-state index is 0. The standard InChI is InChI=1S/C13H21NO2.ClH/c1-8-6-5-7-9(11(8)15)10(14)12(16)13(2,3)4;/h5-7,10,12,15-16H,14H2,1-4H3;1H/t10-,12-;/m0./s1. The van der Waals surface area contributed by atoms with Gasteiger partial charge in [-0.15, -0.1) is 12.4 Å². The lowest BCUT2D eigenvalue weighted by molar-refractivity contribution is 0.0394. The van der Waals surface area contributed by atoms with E-state index in [2.05, 4.69) is 0 Å². The summed E-state index contributed by atoms with van der Waals surface area (Å²) >= 11 is 0. The third kappa shape index (κ3) is 3.60. The first-order valence-electron chi connectivity index (χ1n) is 5.47. The second-order valence-electron chi connectivity index (χ2n) is 5.35. The second-order valence-corrected chi connectivity index (χ2v) is 5.35. The molecule has 0 aliphatic carbocycles. The normalized spacial score (nSPS) is 14.9. The summed E-state index contributed by atoms with van der Waals surface area (Å²) in [7, 11) is 0. The minimum Gasteiger partial charge on any atom is -0.507 e. The molecule has 0 aliphatic rings. The molecule has 0 aliphatic heterocycles. The molecular formula is C13H22ClNO2. The van der Waals surface area contributed by atoms with Gasteiger partial charge in [0.2, 0.25) is 0 Å². The van der Waals surface area contributed by atoms with E-state index in [9.17, 15) is 10.2 Å². The van der Waals surface area contributed by atoms with Crippen molar-refractivity contribution in [3.63, 3.8) is 0 Å².